The molecule has 2 rings (SSSR count). The molecule has 0 aliphatic rings. The SMILES string of the molecule is Cc1ccncc1CNC(=O)c1ccc(CBr)cc1. The number of carbonyl (C=O) groups excluding carboxylic acids is 1. The molecule has 3 nitrogen and oxygen atoms in total. The van der Waals surface area contributed by atoms with Crippen LogP contribution in [0, 0.1) is 6.92 Å². The first kappa shape index (κ1) is 13.7. The predicted molar refractivity (Wildman–Crippen MR) is 79.2 cm³/mol. The Labute approximate surface area is 121 Å². The van der Waals surface area contributed by atoms with Gasteiger partial charge in [-0.1, -0.05) is 28.1 Å². The van der Waals surface area contributed by atoms with Crippen molar-refractivity contribution in [3.8, 4) is 0 Å². The van der Waals surface area contributed by atoms with Crippen LogP contribution >= 0.6 is 15.9 Å². The molecule has 0 radical (unpaired) electrons. The smallest absolute Gasteiger partial charge is 0.251 e. The fourth-order valence-electron chi connectivity index (χ4n) is 1.70. The Kier molecular flexibility index (Phi) is 4.68. The summed E-state index contributed by atoms with van der Waals surface area (Å²) in [6.07, 6.45) is 3.53. The van der Waals surface area contributed by atoms with Crippen molar-refractivity contribution in [3.63, 3.8) is 0 Å². The third kappa shape index (κ3) is 3.64. The van der Waals surface area contributed by atoms with Gasteiger partial charge in [0.25, 0.3) is 5.91 Å². The minimum absolute atomic E-state index is 0.0654. The third-order valence-electron chi connectivity index (χ3n) is 2.96. The second kappa shape index (κ2) is 6.48. The summed E-state index contributed by atoms with van der Waals surface area (Å²) in [4.78, 5) is 16.0. The van der Waals surface area contributed by atoms with Crippen molar-refractivity contribution >= 4 is 21.8 Å². The van der Waals surface area contributed by atoms with Crippen molar-refractivity contribution in [2.24, 2.45) is 0 Å². The Morgan fingerprint density at radius 2 is 2.00 bits per heavy atom. The van der Waals surface area contributed by atoms with Crippen LogP contribution in [-0.2, 0) is 11.9 Å². The summed E-state index contributed by atoms with van der Waals surface area (Å²) in [5.74, 6) is -0.0654. The summed E-state index contributed by atoms with van der Waals surface area (Å²) < 4.78 is 0. The number of amides is 1. The molecule has 0 fully saturated rings. The second-order valence-electron chi connectivity index (χ2n) is 4.32. The molecule has 2 aromatic rings. The quantitative estimate of drug-likeness (QED) is 0.879. The van der Waals surface area contributed by atoms with E-state index in [1.165, 1.54) is 0 Å². The molecule has 0 spiro atoms. The van der Waals surface area contributed by atoms with Gasteiger partial charge in [0.05, 0.1) is 0 Å². The Balaban J connectivity index is 1.99. The number of aryl methyl sites for hydroxylation is 1. The van der Waals surface area contributed by atoms with Crippen molar-refractivity contribution in [1.29, 1.82) is 0 Å². The Hall–Kier alpha value is -1.68. The molecule has 1 N–H and O–H groups in total. The lowest BCUT2D eigenvalue weighted by Crippen LogP contribution is -2.23. The number of pyridine rings is 1. The zero-order valence-electron chi connectivity index (χ0n) is 10.7. The van der Waals surface area contributed by atoms with E-state index in [9.17, 15) is 4.79 Å². The molecule has 1 aromatic heterocycles. The topological polar surface area (TPSA) is 42.0 Å². The normalized spacial score (nSPS) is 10.2. The van der Waals surface area contributed by atoms with E-state index < -0.39 is 0 Å². The van der Waals surface area contributed by atoms with Crippen molar-refractivity contribution in [1.82, 2.24) is 10.3 Å². The Morgan fingerprint density at radius 3 is 2.63 bits per heavy atom. The van der Waals surface area contributed by atoms with Gasteiger partial charge in [-0.25, -0.2) is 0 Å². The van der Waals surface area contributed by atoms with Crippen LogP contribution in [0.3, 0.4) is 0 Å². The highest BCUT2D eigenvalue weighted by Gasteiger charge is 2.06. The number of carbonyl (C=O) groups is 1. The average Bonchev–Trinajstić information content (AvgIpc) is 2.46. The van der Waals surface area contributed by atoms with Crippen LogP contribution in [0.15, 0.2) is 42.7 Å². The first-order valence-electron chi connectivity index (χ1n) is 6.03. The lowest BCUT2D eigenvalue weighted by molar-refractivity contribution is 0.0951. The zero-order valence-corrected chi connectivity index (χ0v) is 12.3. The van der Waals surface area contributed by atoms with Crippen LogP contribution in [-0.4, -0.2) is 10.9 Å². The molecule has 1 amide bonds. The fraction of sp³-hybridized carbons (Fsp3) is 0.200. The van der Waals surface area contributed by atoms with Gasteiger partial charge in [-0.2, -0.15) is 0 Å². The van der Waals surface area contributed by atoms with Gasteiger partial charge < -0.3 is 5.32 Å². The maximum Gasteiger partial charge on any atom is 0.251 e. The number of hydrogen-bond acceptors (Lipinski definition) is 2. The predicted octanol–water partition coefficient (Wildman–Crippen LogP) is 3.21. The maximum absolute atomic E-state index is 12.0. The number of alkyl halides is 1. The summed E-state index contributed by atoms with van der Waals surface area (Å²) in [6, 6.07) is 9.49. The van der Waals surface area contributed by atoms with E-state index in [-0.39, 0.29) is 5.91 Å². The summed E-state index contributed by atoms with van der Waals surface area (Å²) >= 11 is 3.38. The van der Waals surface area contributed by atoms with E-state index in [1.54, 1.807) is 12.4 Å². The molecule has 0 aliphatic heterocycles. The number of halogens is 1. The molecule has 0 bridgehead atoms. The monoisotopic (exact) mass is 318 g/mol. The minimum Gasteiger partial charge on any atom is -0.348 e. The van der Waals surface area contributed by atoms with Crippen molar-refractivity contribution in [2.45, 2.75) is 18.8 Å². The highest BCUT2D eigenvalue weighted by Crippen LogP contribution is 2.09. The van der Waals surface area contributed by atoms with Crippen molar-refractivity contribution in [2.75, 3.05) is 0 Å². The lowest BCUT2D eigenvalue weighted by Gasteiger charge is -2.07. The lowest BCUT2D eigenvalue weighted by atomic mass is 10.1. The second-order valence-corrected chi connectivity index (χ2v) is 4.88. The van der Waals surface area contributed by atoms with E-state index in [0.717, 1.165) is 22.0 Å². The Morgan fingerprint density at radius 1 is 1.26 bits per heavy atom. The van der Waals surface area contributed by atoms with Crippen LogP contribution < -0.4 is 5.32 Å². The van der Waals surface area contributed by atoms with Crippen LogP contribution in [0.5, 0.6) is 0 Å². The first-order valence-corrected chi connectivity index (χ1v) is 7.15. The van der Waals surface area contributed by atoms with Gasteiger partial charge in [0.2, 0.25) is 0 Å². The molecule has 19 heavy (non-hydrogen) atoms. The molecule has 0 unspecified atom stereocenters. The van der Waals surface area contributed by atoms with Gasteiger partial charge in [0.15, 0.2) is 0 Å². The largest absolute Gasteiger partial charge is 0.348 e. The van der Waals surface area contributed by atoms with Gasteiger partial charge in [0.1, 0.15) is 0 Å². The summed E-state index contributed by atoms with van der Waals surface area (Å²) in [6.45, 7) is 2.51. The molecule has 0 saturated carbocycles. The molecular weight excluding hydrogens is 304 g/mol. The van der Waals surface area contributed by atoms with Crippen LogP contribution in [0.4, 0.5) is 0 Å². The van der Waals surface area contributed by atoms with E-state index in [2.05, 4.69) is 26.2 Å². The number of nitrogens with one attached hydrogen (secondary N) is 1. The number of aromatic nitrogens is 1. The summed E-state index contributed by atoms with van der Waals surface area (Å²) in [5.41, 5.74) is 3.99. The number of rotatable bonds is 4. The van der Waals surface area contributed by atoms with Crippen LogP contribution in [0.2, 0.25) is 0 Å². The summed E-state index contributed by atoms with van der Waals surface area (Å²) in [5, 5.41) is 3.70. The highest BCUT2D eigenvalue weighted by atomic mass is 79.9. The molecule has 0 atom stereocenters. The number of benzene rings is 1. The Bertz CT molecular complexity index is 567. The standard InChI is InChI=1S/C15H15BrN2O/c1-11-6-7-17-9-14(11)10-18-15(19)13-4-2-12(8-16)3-5-13/h2-7,9H,8,10H2,1H3,(H,18,19). The minimum atomic E-state index is -0.0654. The van der Waals surface area contributed by atoms with Crippen molar-refractivity contribution < 1.29 is 4.79 Å². The number of hydrogen-bond donors (Lipinski definition) is 1. The average molecular weight is 319 g/mol. The van der Waals surface area contributed by atoms with Gasteiger partial charge in [-0.15, -0.1) is 0 Å². The molecule has 1 aromatic carbocycles. The van der Waals surface area contributed by atoms with Crippen LogP contribution in [0.25, 0.3) is 0 Å². The first-order chi connectivity index (χ1) is 9.20. The zero-order chi connectivity index (χ0) is 13.7. The van der Waals surface area contributed by atoms with Gasteiger partial charge in [0, 0.05) is 29.8 Å². The molecule has 4 heteroatoms. The van der Waals surface area contributed by atoms with Gasteiger partial charge >= 0.3 is 0 Å². The van der Waals surface area contributed by atoms with E-state index in [0.29, 0.717) is 12.1 Å². The van der Waals surface area contributed by atoms with E-state index in [1.807, 2.05) is 37.3 Å². The van der Waals surface area contributed by atoms with Crippen molar-refractivity contribution in [3.05, 3.63) is 65.0 Å². The molecule has 1 heterocycles. The number of nitrogens with zero attached hydrogens (tertiary/aromatic N) is 1. The van der Waals surface area contributed by atoms with Crippen LogP contribution in [0.1, 0.15) is 27.0 Å². The molecule has 0 saturated heterocycles. The highest BCUT2D eigenvalue weighted by molar-refractivity contribution is 9.08. The third-order valence-corrected chi connectivity index (χ3v) is 3.60. The van der Waals surface area contributed by atoms with Gasteiger partial charge in [-0.3, -0.25) is 9.78 Å². The summed E-state index contributed by atoms with van der Waals surface area (Å²) in [7, 11) is 0. The van der Waals surface area contributed by atoms with E-state index in [4.69, 9.17) is 0 Å². The fourth-order valence-corrected chi connectivity index (χ4v) is 2.08. The van der Waals surface area contributed by atoms with E-state index >= 15 is 0 Å². The molecule has 0 aliphatic carbocycles. The maximum atomic E-state index is 12.0. The van der Waals surface area contributed by atoms with Gasteiger partial charge in [-0.05, 0) is 41.8 Å². The molecular formula is C15H15BrN2O. The molecule has 98 valence electrons.